The largest absolute Gasteiger partial charge is 0.273 e. The molecule has 2 rings (SSSR count). The van der Waals surface area contributed by atoms with Crippen molar-refractivity contribution in [1.82, 2.24) is 10.3 Å². The van der Waals surface area contributed by atoms with E-state index < -0.39 is 21.7 Å². The molecule has 22 heavy (non-hydrogen) atoms. The molecule has 0 heterocycles. The van der Waals surface area contributed by atoms with Gasteiger partial charge >= 0.3 is 0 Å². The van der Waals surface area contributed by atoms with E-state index in [0.29, 0.717) is 5.56 Å². The number of amides is 1. The van der Waals surface area contributed by atoms with E-state index in [-0.39, 0.29) is 5.56 Å². The van der Waals surface area contributed by atoms with E-state index in [4.69, 9.17) is 0 Å². The van der Waals surface area contributed by atoms with Crippen molar-refractivity contribution in [2.75, 3.05) is 0 Å². The number of sulfonamides is 1. The third-order valence-corrected chi connectivity index (χ3v) is 3.55. The number of carbonyl (C=O) groups is 1. The highest BCUT2D eigenvalue weighted by Gasteiger charge is 2.13. The molecule has 2 aromatic carbocycles. The lowest BCUT2D eigenvalue weighted by molar-refractivity contribution is 0.0941. The van der Waals surface area contributed by atoms with Crippen molar-refractivity contribution in [2.45, 2.75) is 0 Å². The SMILES string of the molecule is O=C(NNS(=O)(=O)/C=C/c1ccccc1)c1ccccc1F. The predicted octanol–water partition coefficient (Wildman–Crippen LogP) is 2.06. The Labute approximate surface area is 127 Å². The zero-order valence-electron chi connectivity index (χ0n) is 11.4. The summed E-state index contributed by atoms with van der Waals surface area (Å²) in [6.07, 6.45) is 1.37. The van der Waals surface area contributed by atoms with Crippen molar-refractivity contribution in [3.8, 4) is 0 Å². The lowest BCUT2D eigenvalue weighted by Gasteiger charge is -2.06. The number of benzene rings is 2. The van der Waals surface area contributed by atoms with Crippen molar-refractivity contribution in [3.63, 3.8) is 0 Å². The Balaban J connectivity index is 2.00. The Morgan fingerprint density at radius 1 is 1.00 bits per heavy atom. The second-order valence-electron chi connectivity index (χ2n) is 4.29. The number of nitrogens with one attached hydrogen (secondary N) is 2. The normalized spacial score (nSPS) is 11.5. The van der Waals surface area contributed by atoms with Crippen LogP contribution in [0.1, 0.15) is 15.9 Å². The summed E-state index contributed by atoms with van der Waals surface area (Å²) in [7, 11) is -3.88. The average molecular weight is 320 g/mol. The second-order valence-corrected chi connectivity index (χ2v) is 5.86. The number of hydrogen-bond acceptors (Lipinski definition) is 3. The fourth-order valence-corrected chi connectivity index (χ4v) is 2.24. The summed E-state index contributed by atoms with van der Waals surface area (Å²) >= 11 is 0. The van der Waals surface area contributed by atoms with E-state index in [2.05, 4.69) is 0 Å². The van der Waals surface area contributed by atoms with Gasteiger partial charge in [0, 0.05) is 5.41 Å². The molecule has 2 aromatic rings. The summed E-state index contributed by atoms with van der Waals surface area (Å²) < 4.78 is 36.8. The Hall–Kier alpha value is -2.51. The molecule has 1 amide bonds. The molecular weight excluding hydrogens is 307 g/mol. The zero-order valence-corrected chi connectivity index (χ0v) is 12.2. The number of hydrogen-bond donors (Lipinski definition) is 2. The summed E-state index contributed by atoms with van der Waals surface area (Å²) in [6, 6.07) is 14.0. The summed E-state index contributed by atoms with van der Waals surface area (Å²) in [5.41, 5.74) is 2.38. The van der Waals surface area contributed by atoms with Crippen LogP contribution in [0, 0.1) is 5.82 Å². The van der Waals surface area contributed by atoms with Gasteiger partial charge in [0.25, 0.3) is 15.9 Å². The van der Waals surface area contributed by atoms with Crippen molar-refractivity contribution in [1.29, 1.82) is 0 Å². The molecule has 5 nitrogen and oxygen atoms in total. The summed E-state index contributed by atoms with van der Waals surface area (Å²) in [5.74, 6) is -1.62. The summed E-state index contributed by atoms with van der Waals surface area (Å²) in [5, 5.41) is 0.907. The Morgan fingerprint density at radius 2 is 1.64 bits per heavy atom. The molecule has 0 radical (unpaired) electrons. The second kappa shape index (κ2) is 6.97. The first-order chi connectivity index (χ1) is 10.5. The van der Waals surface area contributed by atoms with Gasteiger partial charge in [-0.3, -0.25) is 10.2 Å². The highest BCUT2D eigenvalue weighted by atomic mass is 32.2. The Bertz CT molecular complexity index is 789. The van der Waals surface area contributed by atoms with Crippen LogP contribution in [-0.2, 0) is 10.0 Å². The number of hydrazine groups is 1. The maximum atomic E-state index is 13.4. The first kappa shape index (κ1) is 15.9. The lowest BCUT2D eigenvalue weighted by Crippen LogP contribution is -2.40. The first-order valence-corrected chi connectivity index (χ1v) is 7.82. The third-order valence-electron chi connectivity index (χ3n) is 2.66. The van der Waals surface area contributed by atoms with E-state index >= 15 is 0 Å². The topological polar surface area (TPSA) is 75.3 Å². The van der Waals surface area contributed by atoms with Gasteiger partial charge < -0.3 is 0 Å². The Kier molecular flexibility index (Phi) is 5.03. The van der Waals surface area contributed by atoms with Crippen molar-refractivity contribution in [3.05, 3.63) is 76.9 Å². The van der Waals surface area contributed by atoms with Crippen LogP contribution in [0.5, 0.6) is 0 Å². The molecule has 0 saturated heterocycles. The van der Waals surface area contributed by atoms with Crippen LogP contribution in [-0.4, -0.2) is 14.3 Å². The molecule has 0 saturated carbocycles. The zero-order chi connectivity index (χ0) is 16.0. The maximum Gasteiger partial charge on any atom is 0.269 e. The van der Waals surface area contributed by atoms with Crippen LogP contribution in [0.4, 0.5) is 4.39 Å². The van der Waals surface area contributed by atoms with Crippen molar-refractivity contribution in [2.24, 2.45) is 0 Å². The summed E-state index contributed by atoms with van der Waals surface area (Å²) in [6.45, 7) is 0. The highest BCUT2D eigenvalue weighted by molar-refractivity contribution is 7.92. The quantitative estimate of drug-likeness (QED) is 0.828. The fraction of sp³-hybridized carbons (Fsp3) is 0. The van der Waals surface area contributed by atoms with Gasteiger partial charge in [-0.1, -0.05) is 42.5 Å². The van der Waals surface area contributed by atoms with E-state index in [1.807, 2.05) is 10.3 Å². The van der Waals surface area contributed by atoms with Crippen LogP contribution in [0.15, 0.2) is 60.0 Å². The van der Waals surface area contributed by atoms with Crippen LogP contribution < -0.4 is 10.3 Å². The molecule has 0 unspecified atom stereocenters. The molecule has 0 aliphatic carbocycles. The van der Waals surface area contributed by atoms with E-state index in [1.54, 1.807) is 30.3 Å². The molecule has 7 heteroatoms. The van der Waals surface area contributed by atoms with Crippen molar-refractivity contribution >= 4 is 22.0 Å². The molecular formula is C15H13FN2O3S. The monoisotopic (exact) mass is 320 g/mol. The molecule has 0 bridgehead atoms. The van der Waals surface area contributed by atoms with Crippen LogP contribution >= 0.6 is 0 Å². The molecule has 0 atom stereocenters. The smallest absolute Gasteiger partial charge is 0.269 e. The standard InChI is InChI=1S/C15H13FN2O3S/c16-14-9-5-4-8-13(14)15(19)17-18-22(20,21)11-10-12-6-2-1-3-7-12/h1-11,18H,(H,17,19)/b11-10+. The van der Waals surface area contributed by atoms with Crippen LogP contribution in [0.3, 0.4) is 0 Å². The minimum Gasteiger partial charge on any atom is -0.273 e. The minimum atomic E-state index is -3.88. The van der Waals surface area contributed by atoms with E-state index in [9.17, 15) is 17.6 Å². The van der Waals surface area contributed by atoms with Gasteiger partial charge in [0.2, 0.25) is 0 Å². The van der Waals surface area contributed by atoms with Crippen LogP contribution in [0.25, 0.3) is 6.08 Å². The first-order valence-electron chi connectivity index (χ1n) is 6.28. The van der Waals surface area contributed by atoms with Gasteiger partial charge in [0.05, 0.1) is 5.56 Å². The predicted molar refractivity (Wildman–Crippen MR) is 81.4 cm³/mol. The van der Waals surface area contributed by atoms with Gasteiger partial charge in [0.15, 0.2) is 0 Å². The molecule has 2 N–H and O–H groups in total. The van der Waals surface area contributed by atoms with E-state index in [0.717, 1.165) is 11.5 Å². The highest BCUT2D eigenvalue weighted by Crippen LogP contribution is 2.06. The average Bonchev–Trinajstić information content (AvgIpc) is 2.52. The van der Waals surface area contributed by atoms with Gasteiger partial charge in [0.1, 0.15) is 5.82 Å². The molecule has 0 fully saturated rings. The molecule has 0 aromatic heterocycles. The molecule has 0 aliphatic rings. The van der Waals surface area contributed by atoms with E-state index in [1.165, 1.54) is 24.3 Å². The maximum absolute atomic E-state index is 13.4. The number of halogens is 1. The van der Waals surface area contributed by atoms with Gasteiger partial charge in [-0.15, -0.1) is 4.83 Å². The number of rotatable bonds is 5. The minimum absolute atomic E-state index is 0.253. The lowest BCUT2D eigenvalue weighted by atomic mass is 10.2. The number of carbonyl (C=O) groups excluding carboxylic acids is 1. The van der Waals surface area contributed by atoms with Crippen molar-refractivity contribution < 1.29 is 17.6 Å². The van der Waals surface area contributed by atoms with Crippen LogP contribution in [0.2, 0.25) is 0 Å². The molecule has 114 valence electrons. The van der Waals surface area contributed by atoms with Gasteiger partial charge in [-0.05, 0) is 23.8 Å². The van der Waals surface area contributed by atoms with Gasteiger partial charge in [-0.25, -0.2) is 12.8 Å². The molecule has 0 spiro atoms. The Morgan fingerprint density at radius 3 is 2.32 bits per heavy atom. The fourth-order valence-electron chi connectivity index (χ4n) is 1.60. The summed E-state index contributed by atoms with van der Waals surface area (Å²) in [4.78, 5) is 13.6. The third kappa shape index (κ3) is 4.51. The molecule has 0 aliphatic heterocycles. The van der Waals surface area contributed by atoms with Gasteiger partial charge in [-0.2, -0.15) is 0 Å².